The maximum Gasteiger partial charge on any atom is 0.125 e. The molecule has 0 bridgehead atoms. The fourth-order valence-electron chi connectivity index (χ4n) is 1.65. The van der Waals surface area contributed by atoms with E-state index < -0.39 is 0 Å². The van der Waals surface area contributed by atoms with Crippen molar-refractivity contribution < 1.29 is 4.74 Å². The Morgan fingerprint density at radius 3 is 1.94 bits per heavy atom. The average Bonchev–Trinajstić information content (AvgIpc) is 2.92. The van der Waals surface area contributed by atoms with Gasteiger partial charge in [0.1, 0.15) is 5.76 Å². The maximum atomic E-state index is 5.52. The summed E-state index contributed by atoms with van der Waals surface area (Å²) in [5.74, 6) is 1.15. The van der Waals surface area contributed by atoms with Gasteiger partial charge in [-0.1, -0.05) is 41.5 Å². The zero-order chi connectivity index (χ0) is 13.8. The van der Waals surface area contributed by atoms with E-state index in [0.29, 0.717) is 0 Å². The van der Waals surface area contributed by atoms with E-state index in [1.165, 1.54) is 16.8 Å². The van der Waals surface area contributed by atoms with Crippen LogP contribution in [0.5, 0.6) is 0 Å². The third-order valence-corrected chi connectivity index (χ3v) is 2.33. The average molecular weight is 241 g/mol. The summed E-state index contributed by atoms with van der Waals surface area (Å²) in [6, 6.07) is 0. The third kappa shape index (κ3) is 5.29. The van der Waals surface area contributed by atoms with E-state index in [1.54, 1.807) is 0 Å². The molecule has 102 valence electrons. The first kappa shape index (κ1) is 18.4. The number of hydrogen-bond donors (Lipinski definition) is 1. The van der Waals surface area contributed by atoms with Crippen LogP contribution >= 0.6 is 0 Å². The van der Waals surface area contributed by atoms with Crippen LogP contribution in [0, 0.1) is 0 Å². The lowest BCUT2D eigenvalue weighted by molar-refractivity contribution is 0.260. The second-order valence-electron chi connectivity index (χ2n) is 3.17. The zero-order valence-corrected chi connectivity index (χ0v) is 13.0. The summed E-state index contributed by atoms with van der Waals surface area (Å²) in [6.07, 6.45) is 1.07. The summed E-state index contributed by atoms with van der Waals surface area (Å²) in [7, 11) is 0. The first-order chi connectivity index (χ1) is 8.29. The zero-order valence-electron chi connectivity index (χ0n) is 13.0. The number of allylic oxidation sites excluding steroid dienone is 2. The predicted octanol–water partition coefficient (Wildman–Crippen LogP) is 4.64. The molecule has 2 aliphatic rings. The van der Waals surface area contributed by atoms with Crippen LogP contribution < -0.4 is 5.32 Å². The summed E-state index contributed by atoms with van der Waals surface area (Å²) in [4.78, 5) is 0. The summed E-state index contributed by atoms with van der Waals surface area (Å²) in [6.45, 7) is 18.1. The first-order valence-corrected chi connectivity index (χ1v) is 7.05. The third-order valence-electron chi connectivity index (χ3n) is 2.33. The molecule has 17 heavy (non-hydrogen) atoms. The van der Waals surface area contributed by atoms with Crippen LogP contribution in [-0.4, -0.2) is 13.2 Å². The molecule has 0 spiro atoms. The van der Waals surface area contributed by atoms with Gasteiger partial charge in [0.2, 0.25) is 0 Å². The van der Waals surface area contributed by atoms with Gasteiger partial charge < -0.3 is 10.1 Å². The predicted molar refractivity (Wildman–Crippen MR) is 78.0 cm³/mol. The molecule has 0 saturated carbocycles. The second-order valence-corrected chi connectivity index (χ2v) is 3.17. The highest BCUT2D eigenvalue weighted by molar-refractivity contribution is 5.39. The van der Waals surface area contributed by atoms with Crippen molar-refractivity contribution in [3.63, 3.8) is 0 Å². The van der Waals surface area contributed by atoms with E-state index >= 15 is 0 Å². The Morgan fingerprint density at radius 1 is 0.941 bits per heavy atom. The second kappa shape index (κ2) is 11.6. The van der Waals surface area contributed by atoms with Crippen LogP contribution in [0.4, 0.5) is 0 Å². The first-order valence-electron chi connectivity index (χ1n) is 7.05. The van der Waals surface area contributed by atoms with Gasteiger partial charge in [0.15, 0.2) is 0 Å². The van der Waals surface area contributed by atoms with Gasteiger partial charge in [0, 0.05) is 24.2 Å². The van der Waals surface area contributed by atoms with E-state index in [9.17, 15) is 0 Å². The molecule has 2 heteroatoms. The van der Waals surface area contributed by atoms with E-state index in [1.807, 2.05) is 41.5 Å². The smallest absolute Gasteiger partial charge is 0.125 e. The van der Waals surface area contributed by atoms with E-state index in [2.05, 4.69) is 19.2 Å². The molecule has 1 saturated heterocycles. The lowest BCUT2D eigenvalue weighted by Gasteiger charge is -2.18. The Kier molecular flexibility index (Phi) is 12.5. The van der Waals surface area contributed by atoms with E-state index in [4.69, 9.17) is 4.74 Å². The molecule has 0 aliphatic carbocycles. The van der Waals surface area contributed by atoms with Gasteiger partial charge in [-0.25, -0.2) is 0 Å². The van der Waals surface area contributed by atoms with Crippen molar-refractivity contribution in [3.05, 3.63) is 22.6 Å². The fraction of sp³-hybridized carbons (Fsp3) is 0.733. The number of dihydropyridines is 1. The Bertz CT molecular complexity index is 226. The molecule has 2 heterocycles. The minimum absolute atomic E-state index is 0.862. The van der Waals surface area contributed by atoms with Crippen molar-refractivity contribution in [2.75, 3.05) is 13.2 Å². The standard InChI is InChI=1S/C9H13NO.3C2H6/c1-6-5-10-7(2)8-3-4-11-9(6)8;3*1-2/h10H,3-5H2,1-2H3;3*1-2H3. The molecule has 1 fully saturated rings. The van der Waals surface area contributed by atoms with Gasteiger partial charge in [-0.2, -0.15) is 0 Å². The van der Waals surface area contributed by atoms with Crippen molar-refractivity contribution in [1.29, 1.82) is 0 Å². The summed E-state index contributed by atoms with van der Waals surface area (Å²) in [5, 5.41) is 3.34. The molecule has 0 aromatic carbocycles. The maximum absolute atomic E-state index is 5.52. The Balaban J connectivity index is 0. The molecule has 0 amide bonds. The monoisotopic (exact) mass is 241 g/mol. The largest absolute Gasteiger partial charge is 0.493 e. The van der Waals surface area contributed by atoms with Crippen molar-refractivity contribution in [2.45, 2.75) is 61.8 Å². The van der Waals surface area contributed by atoms with Crippen LogP contribution in [0.25, 0.3) is 0 Å². The highest BCUT2D eigenvalue weighted by Crippen LogP contribution is 2.30. The van der Waals surface area contributed by atoms with Crippen molar-refractivity contribution in [3.8, 4) is 0 Å². The SMILES string of the molecule is CC.CC.CC.CC1=C2OCCC2=C(C)NC1. The van der Waals surface area contributed by atoms with Crippen LogP contribution in [0.2, 0.25) is 0 Å². The lowest BCUT2D eigenvalue weighted by Crippen LogP contribution is -2.20. The lowest BCUT2D eigenvalue weighted by atomic mass is 10.0. The fourth-order valence-corrected chi connectivity index (χ4v) is 1.65. The molecule has 2 rings (SSSR count). The van der Waals surface area contributed by atoms with Gasteiger partial charge in [0.25, 0.3) is 0 Å². The van der Waals surface area contributed by atoms with Gasteiger partial charge >= 0.3 is 0 Å². The van der Waals surface area contributed by atoms with Gasteiger partial charge in [-0.05, 0) is 19.4 Å². The molecule has 0 radical (unpaired) electrons. The van der Waals surface area contributed by atoms with Crippen molar-refractivity contribution >= 4 is 0 Å². The molecule has 1 N–H and O–H groups in total. The molecule has 0 aromatic heterocycles. The molecular formula is C15H31NO. The Labute approximate surface area is 108 Å². The van der Waals surface area contributed by atoms with E-state index in [-0.39, 0.29) is 0 Å². The number of ether oxygens (including phenoxy) is 1. The summed E-state index contributed by atoms with van der Waals surface area (Å²) < 4.78 is 5.52. The Morgan fingerprint density at radius 2 is 1.47 bits per heavy atom. The Hall–Kier alpha value is -0.920. The minimum atomic E-state index is 0.862. The molecule has 0 atom stereocenters. The van der Waals surface area contributed by atoms with Crippen LogP contribution in [-0.2, 0) is 4.74 Å². The van der Waals surface area contributed by atoms with Crippen LogP contribution in [0.15, 0.2) is 22.6 Å². The van der Waals surface area contributed by atoms with Gasteiger partial charge in [-0.3, -0.25) is 0 Å². The molecule has 2 aliphatic heterocycles. The molecular weight excluding hydrogens is 210 g/mol. The van der Waals surface area contributed by atoms with Gasteiger partial charge in [0.05, 0.1) is 6.61 Å². The highest BCUT2D eigenvalue weighted by Gasteiger charge is 2.22. The quantitative estimate of drug-likeness (QED) is 0.667. The summed E-state index contributed by atoms with van der Waals surface area (Å²) in [5.41, 5.74) is 4.01. The normalized spacial score (nSPS) is 16.0. The number of fused-ring (bicyclic) bond motifs is 1. The van der Waals surface area contributed by atoms with Crippen molar-refractivity contribution in [2.24, 2.45) is 0 Å². The minimum Gasteiger partial charge on any atom is -0.493 e. The highest BCUT2D eigenvalue weighted by atomic mass is 16.5. The number of nitrogens with one attached hydrogen (secondary N) is 1. The summed E-state index contributed by atoms with van der Waals surface area (Å²) >= 11 is 0. The van der Waals surface area contributed by atoms with Crippen molar-refractivity contribution in [1.82, 2.24) is 5.32 Å². The number of rotatable bonds is 0. The molecule has 0 aromatic rings. The van der Waals surface area contributed by atoms with Crippen LogP contribution in [0.3, 0.4) is 0 Å². The topological polar surface area (TPSA) is 21.3 Å². The van der Waals surface area contributed by atoms with E-state index in [0.717, 1.165) is 25.3 Å². The van der Waals surface area contributed by atoms with Gasteiger partial charge in [-0.15, -0.1) is 0 Å². The molecule has 2 nitrogen and oxygen atoms in total. The van der Waals surface area contributed by atoms with Crippen LogP contribution in [0.1, 0.15) is 61.8 Å². The molecule has 0 unspecified atom stereocenters. The number of hydrogen-bond acceptors (Lipinski definition) is 2.